The molecular formula is C8H17NO10S2. The summed E-state index contributed by atoms with van der Waals surface area (Å²) in [6, 6.07) is -1.70. The summed E-state index contributed by atoms with van der Waals surface area (Å²) in [6.45, 7) is 0.971. The molecular weight excluding hydrogens is 334 g/mol. The molecule has 13 heteroatoms. The fourth-order valence-electron chi connectivity index (χ4n) is 2.25. The predicted octanol–water partition coefficient (Wildman–Crippen LogP) is -2.33. The highest BCUT2D eigenvalue weighted by Crippen LogP contribution is 2.31. The van der Waals surface area contributed by atoms with Gasteiger partial charge in [-0.2, -0.15) is 21.6 Å². The van der Waals surface area contributed by atoms with Crippen LogP contribution in [0, 0.1) is 5.92 Å². The summed E-state index contributed by atoms with van der Waals surface area (Å²) in [5.41, 5.74) is 0. The van der Waals surface area contributed by atoms with Gasteiger partial charge in [0.15, 0.2) is 6.29 Å². The lowest BCUT2D eigenvalue weighted by Gasteiger charge is -2.43. The van der Waals surface area contributed by atoms with Crippen LogP contribution in [-0.4, -0.2) is 67.3 Å². The first kappa shape index (κ1) is 18.7. The van der Waals surface area contributed by atoms with Crippen LogP contribution < -0.4 is 4.72 Å². The fourth-order valence-corrected chi connectivity index (χ4v) is 3.38. The number of aliphatic hydroxyl groups excluding tert-OH is 2. The van der Waals surface area contributed by atoms with Crippen molar-refractivity contribution in [1.29, 1.82) is 0 Å². The second-order valence-electron chi connectivity index (χ2n) is 4.43. The zero-order valence-corrected chi connectivity index (χ0v) is 12.5. The second-order valence-corrected chi connectivity index (χ2v) is 6.66. The fraction of sp³-hybridized carbons (Fsp3) is 1.00. The summed E-state index contributed by atoms with van der Waals surface area (Å²) in [5.74, 6) is -0.875. The van der Waals surface area contributed by atoms with E-state index < -0.39 is 57.8 Å². The van der Waals surface area contributed by atoms with Gasteiger partial charge in [0.25, 0.3) is 0 Å². The molecule has 0 aromatic carbocycles. The molecule has 0 radical (unpaired) electrons. The minimum Gasteiger partial charge on any atom is -0.394 e. The Bertz CT molecular complexity index is 545. The molecule has 126 valence electrons. The van der Waals surface area contributed by atoms with E-state index in [-0.39, 0.29) is 6.42 Å². The molecule has 0 aromatic heterocycles. The van der Waals surface area contributed by atoms with E-state index in [0.717, 1.165) is 0 Å². The van der Waals surface area contributed by atoms with Crippen LogP contribution in [0.2, 0.25) is 0 Å². The van der Waals surface area contributed by atoms with Gasteiger partial charge in [-0.1, -0.05) is 6.92 Å². The van der Waals surface area contributed by atoms with Gasteiger partial charge in [0.2, 0.25) is 0 Å². The molecule has 1 saturated heterocycles. The molecule has 0 saturated carbocycles. The lowest BCUT2D eigenvalue weighted by molar-refractivity contribution is -0.231. The van der Waals surface area contributed by atoms with Crippen LogP contribution in [0.15, 0.2) is 0 Å². The standard InChI is InChI=1S/C8H17NO10S2/c1-2-4-5(3-10)18-8(11)6(9-20(12,13)14)7(4)19-21(15,16)17/h4-11H,2-3H2,1H3,(H,12,13,14)(H,15,16,17). The Hall–Kier alpha value is -0.380. The summed E-state index contributed by atoms with van der Waals surface area (Å²) in [7, 11) is -9.79. The Morgan fingerprint density at radius 3 is 2.19 bits per heavy atom. The Kier molecular flexibility index (Phi) is 6.05. The van der Waals surface area contributed by atoms with Crippen LogP contribution in [0.1, 0.15) is 13.3 Å². The predicted molar refractivity (Wildman–Crippen MR) is 66.6 cm³/mol. The van der Waals surface area contributed by atoms with Gasteiger partial charge in [-0.25, -0.2) is 4.18 Å². The SMILES string of the molecule is CCC1C(CO)OC(O)C(NS(=O)(=O)O)C1OS(=O)(=O)O. The Morgan fingerprint density at radius 1 is 1.24 bits per heavy atom. The molecule has 1 aliphatic rings. The zero-order valence-electron chi connectivity index (χ0n) is 10.9. The first-order valence-corrected chi connectivity index (χ1v) is 8.63. The molecule has 0 amide bonds. The lowest BCUT2D eigenvalue weighted by Crippen LogP contribution is -2.62. The maximum Gasteiger partial charge on any atom is 0.397 e. The molecule has 11 nitrogen and oxygen atoms in total. The molecule has 5 N–H and O–H groups in total. The van der Waals surface area contributed by atoms with Crippen molar-refractivity contribution in [2.45, 2.75) is 37.9 Å². The molecule has 5 unspecified atom stereocenters. The molecule has 0 aliphatic carbocycles. The van der Waals surface area contributed by atoms with Crippen LogP contribution in [0.25, 0.3) is 0 Å². The minimum atomic E-state index is -4.98. The van der Waals surface area contributed by atoms with E-state index in [0.29, 0.717) is 0 Å². The van der Waals surface area contributed by atoms with Gasteiger partial charge in [-0.3, -0.25) is 9.11 Å². The number of aliphatic hydroxyl groups is 2. The number of hydrogen-bond acceptors (Lipinski definition) is 8. The summed E-state index contributed by atoms with van der Waals surface area (Å²) < 4.78 is 71.9. The largest absolute Gasteiger partial charge is 0.397 e. The molecule has 1 fully saturated rings. The van der Waals surface area contributed by atoms with Crippen molar-refractivity contribution in [3.05, 3.63) is 0 Å². The second kappa shape index (κ2) is 6.80. The molecule has 1 heterocycles. The van der Waals surface area contributed by atoms with Crippen molar-refractivity contribution in [1.82, 2.24) is 4.72 Å². The van der Waals surface area contributed by atoms with E-state index in [1.807, 2.05) is 0 Å². The van der Waals surface area contributed by atoms with Gasteiger partial charge in [0.05, 0.1) is 12.7 Å². The first-order chi connectivity index (χ1) is 9.48. The van der Waals surface area contributed by atoms with Crippen molar-refractivity contribution >= 4 is 20.7 Å². The Balaban J connectivity index is 3.17. The zero-order chi connectivity index (χ0) is 16.4. The summed E-state index contributed by atoms with van der Waals surface area (Å²) >= 11 is 0. The van der Waals surface area contributed by atoms with Crippen molar-refractivity contribution in [3.63, 3.8) is 0 Å². The average Bonchev–Trinajstić information content (AvgIpc) is 2.30. The van der Waals surface area contributed by atoms with Gasteiger partial charge in [0.1, 0.15) is 12.1 Å². The normalized spacial score (nSPS) is 34.8. The van der Waals surface area contributed by atoms with Crippen molar-refractivity contribution < 1.29 is 45.1 Å². The van der Waals surface area contributed by atoms with Crippen molar-refractivity contribution in [2.24, 2.45) is 5.92 Å². The van der Waals surface area contributed by atoms with Gasteiger partial charge >= 0.3 is 20.7 Å². The molecule has 21 heavy (non-hydrogen) atoms. The average molecular weight is 351 g/mol. The third-order valence-electron chi connectivity index (χ3n) is 3.04. The summed E-state index contributed by atoms with van der Waals surface area (Å²) in [5, 5.41) is 18.8. The van der Waals surface area contributed by atoms with Crippen LogP contribution in [0.4, 0.5) is 0 Å². The van der Waals surface area contributed by atoms with E-state index in [1.54, 1.807) is 11.6 Å². The monoisotopic (exact) mass is 351 g/mol. The van der Waals surface area contributed by atoms with Crippen LogP contribution in [-0.2, 0) is 29.6 Å². The molecule has 0 aromatic rings. The highest BCUT2D eigenvalue weighted by Gasteiger charge is 2.48. The molecule has 1 aliphatic heterocycles. The van der Waals surface area contributed by atoms with Gasteiger partial charge in [0, 0.05) is 5.92 Å². The van der Waals surface area contributed by atoms with E-state index in [4.69, 9.17) is 18.9 Å². The minimum absolute atomic E-state index is 0.168. The van der Waals surface area contributed by atoms with E-state index in [9.17, 15) is 21.9 Å². The highest BCUT2D eigenvalue weighted by molar-refractivity contribution is 7.83. The molecule has 5 atom stereocenters. The van der Waals surface area contributed by atoms with Gasteiger partial charge in [-0.15, -0.1) is 0 Å². The molecule has 1 rings (SSSR count). The highest BCUT2D eigenvalue weighted by atomic mass is 32.3. The topological polar surface area (TPSA) is 180 Å². The number of hydrogen-bond donors (Lipinski definition) is 5. The molecule has 0 spiro atoms. The van der Waals surface area contributed by atoms with E-state index >= 15 is 0 Å². The van der Waals surface area contributed by atoms with Gasteiger partial charge in [-0.05, 0) is 6.42 Å². The first-order valence-electron chi connectivity index (χ1n) is 5.83. The van der Waals surface area contributed by atoms with Crippen molar-refractivity contribution in [2.75, 3.05) is 6.61 Å². The molecule has 0 bridgehead atoms. The number of ether oxygens (including phenoxy) is 1. The maximum atomic E-state index is 10.9. The maximum absolute atomic E-state index is 10.9. The third kappa shape index (κ3) is 5.39. The Morgan fingerprint density at radius 2 is 1.81 bits per heavy atom. The summed E-state index contributed by atoms with van der Waals surface area (Å²) in [6.07, 6.45) is -4.37. The summed E-state index contributed by atoms with van der Waals surface area (Å²) in [4.78, 5) is 0. The van der Waals surface area contributed by atoms with E-state index in [2.05, 4.69) is 4.18 Å². The number of rotatable bonds is 6. The third-order valence-corrected chi connectivity index (χ3v) is 4.08. The number of nitrogens with one attached hydrogen (secondary N) is 1. The smallest absolute Gasteiger partial charge is 0.394 e. The Labute approximate surface area is 121 Å². The van der Waals surface area contributed by atoms with Gasteiger partial charge < -0.3 is 14.9 Å². The van der Waals surface area contributed by atoms with Crippen LogP contribution in [0.5, 0.6) is 0 Å². The van der Waals surface area contributed by atoms with Crippen LogP contribution in [0.3, 0.4) is 0 Å². The van der Waals surface area contributed by atoms with Crippen molar-refractivity contribution in [3.8, 4) is 0 Å². The quantitative estimate of drug-likeness (QED) is 0.326. The van der Waals surface area contributed by atoms with E-state index in [1.165, 1.54) is 0 Å². The lowest BCUT2D eigenvalue weighted by atomic mass is 9.86. The van der Waals surface area contributed by atoms with Crippen LogP contribution >= 0.6 is 0 Å².